The van der Waals surface area contributed by atoms with Crippen LogP contribution in [0.25, 0.3) is 17.1 Å². The first kappa shape index (κ1) is 26.7. The van der Waals surface area contributed by atoms with Crippen LogP contribution in [0.2, 0.25) is 10.0 Å². The van der Waals surface area contributed by atoms with Crippen LogP contribution in [0, 0.1) is 0 Å². The quantitative estimate of drug-likeness (QED) is 0.340. The van der Waals surface area contributed by atoms with Crippen LogP contribution in [0.4, 0.5) is 22.0 Å². The lowest BCUT2D eigenvalue weighted by atomic mass is 10.2. The fraction of sp³-hybridized carbons (Fsp3) is 0.286. The molecule has 3 heterocycles. The summed E-state index contributed by atoms with van der Waals surface area (Å²) >= 11 is 12.0. The van der Waals surface area contributed by atoms with Crippen LogP contribution in [0.15, 0.2) is 47.5 Å². The molecule has 0 aliphatic carbocycles. The first-order chi connectivity index (χ1) is 17.3. The highest BCUT2D eigenvalue weighted by Crippen LogP contribution is 2.30. The van der Waals surface area contributed by atoms with E-state index in [1.54, 1.807) is 0 Å². The van der Waals surface area contributed by atoms with E-state index >= 15 is 0 Å². The lowest BCUT2D eigenvalue weighted by Gasteiger charge is -2.15. The van der Waals surface area contributed by atoms with Gasteiger partial charge in [0.1, 0.15) is 12.2 Å². The Morgan fingerprint density at radius 3 is 2.32 bits per heavy atom. The van der Waals surface area contributed by atoms with Crippen LogP contribution in [0.5, 0.6) is 0 Å². The molecule has 0 radical (unpaired) electrons. The van der Waals surface area contributed by atoms with Gasteiger partial charge in [-0.3, -0.25) is 9.55 Å². The first-order valence-corrected chi connectivity index (χ1v) is 11.1. The summed E-state index contributed by atoms with van der Waals surface area (Å²) in [4.78, 5) is 20.7. The second-order valence-corrected chi connectivity index (χ2v) is 8.76. The number of nitrogens with zero attached hydrogens (tertiary/aromatic N) is 7. The summed E-state index contributed by atoms with van der Waals surface area (Å²) in [6.45, 7) is -1.16. The van der Waals surface area contributed by atoms with E-state index < -0.39 is 42.8 Å². The maximum absolute atomic E-state index is 14.3. The third kappa shape index (κ3) is 5.65. The number of aromatic nitrogens is 7. The van der Waals surface area contributed by atoms with Crippen LogP contribution in [0.1, 0.15) is 18.6 Å². The smallest absolute Gasteiger partial charge is 0.382 e. The molecule has 16 heteroatoms. The van der Waals surface area contributed by atoms with Crippen LogP contribution in [-0.2, 0) is 19.0 Å². The van der Waals surface area contributed by atoms with Gasteiger partial charge in [-0.25, -0.2) is 19.1 Å². The second-order valence-electron chi connectivity index (χ2n) is 7.92. The van der Waals surface area contributed by atoms with Crippen molar-refractivity contribution in [3.8, 4) is 17.1 Å². The molecule has 1 atom stereocenters. The molecule has 4 aromatic rings. The topological polar surface area (TPSA) is 104 Å². The highest BCUT2D eigenvalue weighted by Gasteiger charge is 2.39. The van der Waals surface area contributed by atoms with E-state index in [0.717, 1.165) is 4.68 Å². The second kappa shape index (κ2) is 9.84. The fourth-order valence-corrected chi connectivity index (χ4v) is 3.64. The maximum atomic E-state index is 14.3. The Kier molecular flexibility index (Phi) is 7.10. The largest absolute Gasteiger partial charge is 0.416 e. The Bertz CT molecular complexity index is 1480. The average Bonchev–Trinajstić information content (AvgIpc) is 3.36. The zero-order chi connectivity index (χ0) is 27.1. The summed E-state index contributed by atoms with van der Waals surface area (Å²) in [5.74, 6) is -4.82. The third-order valence-corrected chi connectivity index (χ3v) is 5.64. The lowest BCUT2D eigenvalue weighted by molar-refractivity contribution is -0.207. The summed E-state index contributed by atoms with van der Waals surface area (Å²) in [6.07, 6.45) is -5.35. The highest BCUT2D eigenvalue weighted by molar-refractivity contribution is 6.32. The molecule has 37 heavy (non-hydrogen) atoms. The molecule has 0 bridgehead atoms. The van der Waals surface area contributed by atoms with Gasteiger partial charge >= 0.3 is 17.8 Å². The number of aliphatic hydroxyl groups excluding tert-OH is 1. The van der Waals surface area contributed by atoms with Gasteiger partial charge in [0.15, 0.2) is 17.8 Å². The van der Waals surface area contributed by atoms with Crippen molar-refractivity contribution in [3.05, 3.63) is 74.9 Å². The third-order valence-electron chi connectivity index (χ3n) is 5.07. The zero-order valence-electron chi connectivity index (χ0n) is 18.7. The Hall–Kier alpha value is -3.36. The van der Waals surface area contributed by atoms with E-state index in [-0.39, 0.29) is 27.9 Å². The van der Waals surface area contributed by atoms with Gasteiger partial charge in [0.25, 0.3) is 0 Å². The molecule has 0 aliphatic heterocycles. The molecular formula is C21H16Cl2F5N7O2. The molecule has 0 saturated carbocycles. The molecule has 0 spiro atoms. The van der Waals surface area contributed by atoms with Gasteiger partial charge < -0.3 is 5.11 Å². The molecule has 0 amide bonds. The first-order valence-electron chi connectivity index (χ1n) is 10.4. The highest BCUT2D eigenvalue weighted by atomic mass is 35.5. The predicted octanol–water partition coefficient (Wildman–Crippen LogP) is 4.08. The van der Waals surface area contributed by atoms with Crippen molar-refractivity contribution in [1.82, 2.24) is 34.1 Å². The minimum atomic E-state index is -5.01. The number of hydrogen-bond acceptors (Lipinski definition) is 6. The van der Waals surface area contributed by atoms with Crippen molar-refractivity contribution in [2.75, 3.05) is 0 Å². The molecular weight excluding hydrogens is 548 g/mol. The number of halogens is 7. The van der Waals surface area contributed by atoms with Gasteiger partial charge in [-0.2, -0.15) is 22.0 Å². The molecule has 1 N–H and O–H groups in total. The minimum Gasteiger partial charge on any atom is -0.382 e. The number of aliphatic hydroxyl groups is 1. The molecule has 3 aromatic heterocycles. The molecule has 196 valence electrons. The Labute approximate surface area is 214 Å². The van der Waals surface area contributed by atoms with Crippen molar-refractivity contribution in [2.45, 2.75) is 38.2 Å². The summed E-state index contributed by atoms with van der Waals surface area (Å²) in [7, 11) is 0. The lowest BCUT2D eigenvalue weighted by Crippen LogP contribution is -2.37. The summed E-state index contributed by atoms with van der Waals surface area (Å²) in [5.41, 5.74) is -0.850. The normalized spacial score (nSPS) is 13.2. The molecule has 0 unspecified atom stereocenters. The molecule has 0 fully saturated rings. The van der Waals surface area contributed by atoms with Gasteiger partial charge in [0.05, 0.1) is 17.8 Å². The van der Waals surface area contributed by atoms with Gasteiger partial charge in [0.2, 0.25) is 5.82 Å². The van der Waals surface area contributed by atoms with Crippen LogP contribution in [-0.4, -0.2) is 51.5 Å². The van der Waals surface area contributed by atoms with Crippen LogP contribution in [0.3, 0.4) is 0 Å². The average molecular weight is 564 g/mol. The van der Waals surface area contributed by atoms with Gasteiger partial charge in [-0.05, 0) is 30.3 Å². The Morgan fingerprint density at radius 2 is 1.73 bits per heavy atom. The number of rotatable bonds is 7. The van der Waals surface area contributed by atoms with E-state index in [0.29, 0.717) is 21.2 Å². The standard InChI is InChI=1S/C21H16Cl2F5N7O2/c1-20(24,25)18-30-16(31-35(18)14-8-29-7-6-13(14)23)10-34-19(37)33(9-15(36)21(26,27)28)17(32-34)11-2-4-12(22)5-3-11/h2-8,15,36H,9-10H2,1H3/t15-/m0/s1. The van der Waals surface area contributed by atoms with Crippen molar-refractivity contribution < 1.29 is 27.1 Å². The van der Waals surface area contributed by atoms with Crippen LogP contribution >= 0.6 is 23.2 Å². The van der Waals surface area contributed by atoms with Gasteiger partial charge in [-0.1, -0.05) is 23.2 Å². The van der Waals surface area contributed by atoms with E-state index in [9.17, 15) is 31.9 Å². The number of benzene rings is 1. The van der Waals surface area contributed by atoms with Crippen LogP contribution < -0.4 is 5.69 Å². The van der Waals surface area contributed by atoms with Crippen molar-refractivity contribution >= 4 is 23.2 Å². The monoisotopic (exact) mass is 563 g/mol. The Morgan fingerprint density at radius 1 is 1.05 bits per heavy atom. The molecule has 0 saturated heterocycles. The fourth-order valence-electron chi connectivity index (χ4n) is 3.33. The predicted molar refractivity (Wildman–Crippen MR) is 122 cm³/mol. The summed E-state index contributed by atoms with van der Waals surface area (Å²) in [5, 5.41) is 18.0. The zero-order valence-corrected chi connectivity index (χ0v) is 20.2. The Balaban J connectivity index is 1.80. The molecule has 0 aliphatic rings. The SMILES string of the molecule is CC(F)(F)c1nc(Cn2nc(-c3ccc(Cl)cc3)n(C[C@H](O)C(F)(F)F)c2=O)nn1-c1cnccc1Cl. The maximum Gasteiger partial charge on any atom is 0.416 e. The van der Waals surface area contributed by atoms with Crippen molar-refractivity contribution in [3.63, 3.8) is 0 Å². The number of alkyl halides is 5. The number of hydrogen-bond donors (Lipinski definition) is 1. The molecule has 4 rings (SSSR count). The van der Waals surface area contributed by atoms with Gasteiger partial charge in [0, 0.05) is 23.7 Å². The minimum absolute atomic E-state index is 0.00697. The van der Waals surface area contributed by atoms with Crippen molar-refractivity contribution in [1.29, 1.82) is 0 Å². The molecule has 9 nitrogen and oxygen atoms in total. The summed E-state index contributed by atoms with van der Waals surface area (Å²) in [6, 6.07) is 7.05. The van der Waals surface area contributed by atoms with E-state index in [2.05, 4.69) is 20.2 Å². The molecule has 1 aromatic carbocycles. The van der Waals surface area contributed by atoms with Crippen molar-refractivity contribution in [2.24, 2.45) is 0 Å². The summed E-state index contributed by atoms with van der Waals surface area (Å²) < 4.78 is 69.8. The number of pyridine rings is 1. The van der Waals surface area contributed by atoms with E-state index in [1.807, 2.05) is 0 Å². The van der Waals surface area contributed by atoms with Gasteiger partial charge in [-0.15, -0.1) is 10.2 Å². The van der Waals surface area contributed by atoms with E-state index in [1.165, 1.54) is 42.7 Å². The van der Waals surface area contributed by atoms with E-state index in [4.69, 9.17) is 23.2 Å².